The van der Waals surface area contributed by atoms with Crippen LogP contribution in [0, 0.1) is 5.92 Å². The number of esters is 1. The predicted molar refractivity (Wildman–Crippen MR) is 88.4 cm³/mol. The SMILES string of the molecule is O=C1CC(CC(=O)N(CCN2CCOCC2)C2CCSC2)CO1. The average Bonchev–Trinajstić information content (AvgIpc) is 3.21. The Kier molecular flexibility index (Phi) is 6.19. The van der Waals surface area contributed by atoms with Gasteiger partial charge in [0.05, 0.1) is 26.2 Å². The highest BCUT2D eigenvalue weighted by atomic mass is 32.2. The normalized spacial score (nSPS) is 28.8. The van der Waals surface area contributed by atoms with Crippen LogP contribution in [0.15, 0.2) is 0 Å². The molecule has 0 aromatic carbocycles. The number of hydrogen-bond donors (Lipinski definition) is 0. The Bertz CT molecular complexity index is 422. The Balaban J connectivity index is 1.53. The molecule has 3 saturated heterocycles. The van der Waals surface area contributed by atoms with Crippen molar-refractivity contribution in [1.82, 2.24) is 9.80 Å². The van der Waals surface area contributed by atoms with Gasteiger partial charge in [-0.05, 0) is 12.2 Å². The molecular formula is C16H26N2O4S. The Morgan fingerprint density at radius 3 is 2.83 bits per heavy atom. The van der Waals surface area contributed by atoms with Gasteiger partial charge >= 0.3 is 5.97 Å². The van der Waals surface area contributed by atoms with E-state index in [4.69, 9.17) is 9.47 Å². The fourth-order valence-corrected chi connectivity index (χ4v) is 4.64. The Morgan fingerprint density at radius 1 is 1.35 bits per heavy atom. The second kappa shape index (κ2) is 8.35. The van der Waals surface area contributed by atoms with E-state index in [9.17, 15) is 9.59 Å². The van der Waals surface area contributed by atoms with E-state index in [1.165, 1.54) is 0 Å². The number of thioether (sulfide) groups is 1. The van der Waals surface area contributed by atoms with Crippen LogP contribution >= 0.6 is 11.8 Å². The molecule has 3 aliphatic heterocycles. The molecule has 0 aliphatic carbocycles. The zero-order valence-corrected chi connectivity index (χ0v) is 14.4. The molecule has 0 N–H and O–H groups in total. The van der Waals surface area contributed by atoms with Gasteiger partial charge in [-0.25, -0.2) is 0 Å². The second-order valence-corrected chi connectivity index (χ2v) is 7.67. The highest BCUT2D eigenvalue weighted by molar-refractivity contribution is 7.99. The number of morpholine rings is 1. The summed E-state index contributed by atoms with van der Waals surface area (Å²) in [5, 5.41) is 0. The largest absolute Gasteiger partial charge is 0.465 e. The van der Waals surface area contributed by atoms with Crippen LogP contribution in [0.3, 0.4) is 0 Å². The second-order valence-electron chi connectivity index (χ2n) is 6.52. The first kappa shape index (κ1) is 17.0. The molecule has 130 valence electrons. The fraction of sp³-hybridized carbons (Fsp3) is 0.875. The van der Waals surface area contributed by atoms with Gasteiger partial charge in [-0.2, -0.15) is 11.8 Å². The summed E-state index contributed by atoms with van der Waals surface area (Å²) >= 11 is 1.93. The molecule has 3 heterocycles. The first-order valence-corrected chi connectivity index (χ1v) is 9.71. The van der Waals surface area contributed by atoms with Crippen molar-refractivity contribution in [3.63, 3.8) is 0 Å². The molecule has 3 fully saturated rings. The van der Waals surface area contributed by atoms with Crippen molar-refractivity contribution < 1.29 is 19.1 Å². The summed E-state index contributed by atoms with van der Waals surface area (Å²) in [6.07, 6.45) is 1.91. The lowest BCUT2D eigenvalue weighted by Gasteiger charge is -2.33. The number of carbonyl (C=O) groups excluding carboxylic acids is 2. The number of ether oxygens (including phenoxy) is 2. The summed E-state index contributed by atoms with van der Waals surface area (Å²) in [6, 6.07) is 0.353. The van der Waals surface area contributed by atoms with Gasteiger partial charge in [0, 0.05) is 50.3 Å². The summed E-state index contributed by atoms with van der Waals surface area (Å²) in [4.78, 5) is 28.4. The zero-order valence-electron chi connectivity index (χ0n) is 13.6. The van der Waals surface area contributed by atoms with Crippen LogP contribution in [0.5, 0.6) is 0 Å². The quantitative estimate of drug-likeness (QED) is 0.659. The molecule has 23 heavy (non-hydrogen) atoms. The van der Waals surface area contributed by atoms with E-state index < -0.39 is 0 Å². The lowest BCUT2D eigenvalue weighted by molar-refractivity contribution is -0.138. The summed E-state index contributed by atoms with van der Waals surface area (Å²) < 4.78 is 10.4. The molecular weight excluding hydrogens is 316 g/mol. The maximum absolute atomic E-state index is 12.8. The van der Waals surface area contributed by atoms with Crippen LogP contribution in [-0.2, 0) is 19.1 Å². The molecule has 0 bridgehead atoms. The molecule has 7 heteroatoms. The van der Waals surface area contributed by atoms with E-state index in [-0.39, 0.29) is 17.8 Å². The van der Waals surface area contributed by atoms with Gasteiger partial charge in [0.2, 0.25) is 5.91 Å². The maximum atomic E-state index is 12.8. The van der Waals surface area contributed by atoms with Gasteiger partial charge in [-0.3, -0.25) is 14.5 Å². The van der Waals surface area contributed by atoms with Crippen molar-refractivity contribution >= 4 is 23.6 Å². The topological polar surface area (TPSA) is 59.1 Å². The zero-order chi connectivity index (χ0) is 16.1. The number of hydrogen-bond acceptors (Lipinski definition) is 6. The third kappa shape index (κ3) is 4.84. The highest BCUT2D eigenvalue weighted by Gasteiger charge is 2.32. The van der Waals surface area contributed by atoms with Crippen LogP contribution in [0.25, 0.3) is 0 Å². The lowest BCUT2D eigenvalue weighted by Crippen LogP contribution is -2.47. The maximum Gasteiger partial charge on any atom is 0.306 e. The number of cyclic esters (lactones) is 1. The molecule has 0 radical (unpaired) electrons. The molecule has 0 aromatic rings. The third-order valence-electron chi connectivity index (χ3n) is 4.83. The minimum atomic E-state index is -0.168. The van der Waals surface area contributed by atoms with Crippen LogP contribution in [0.2, 0.25) is 0 Å². The predicted octanol–water partition coefficient (Wildman–Crippen LogP) is 0.606. The van der Waals surface area contributed by atoms with E-state index in [2.05, 4.69) is 9.80 Å². The first-order chi connectivity index (χ1) is 11.2. The Morgan fingerprint density at radius 2 is 2.17 bits per heavy atom. The molecule has 2 unspecified atom stereocenters. The van der Waals surface area contributed by atoms with E-state index >= 15 is 0 Å². The van der Waals surface area contributed by atoms with Crippen molar-refractivity contribution in [2.24, 2.45) is 5.92 Å². The van der Waals surface area contributed by atoms with Crippen molar-refractivity contribution in [3.8, 4) is 0 Å². The van der Waals surface area contributed by atoms with Gasteiger partial charge in [-0.1, -0.05) is 0 Å². The molecule has 6 nitrogen and oxygen atoms in total. The smallest absolute Gasteiger partial charge is 0.306 e. The number of carbonyl (C=O) groups is 2. The van der Waals surface area contributed by atoms with Crippen LogP contribution < -0.4 is 0 Å². The summed E-state index contributed by atoms with van der Waals surface area (Å²) in [6.45, 7) is 5.57. The van der Waals surface area contributed by atoms with Crippen molar-refractivity contribution in [3.05, 3.63) is 0 Å². The fourth-order valence-electron chi connectivity index (χ4n) is 3.41. The molecule has 3 rings (SSSR count). The van der Waals surface area contributed by atoms with Gasteiger partial charge < -0.3 is 14.4 Å². The monoisotopic (exact) mass is 342 g/mol. The van der Waals surface area contributed by atoms with E-state index in [0.717, 1.165) is 57.3 Å². The van der Waals surface area contributed by atoms with E-state index in [1.807, 2.05) is 11.8 Å². The van der Waals surface area contributed by atoms with Crippen LogP contribution in [-0.4, -0.2) is 85.2 Å². The minimum absolute atomic E-state index is 0.0648. The molecule has 0 aromatic heterocycles. The highest BCUT2D eigenvalue weighted by Crippen LogP contribution is 2.25. The molecule has 1 amide bonds. The summed E-state index contributed by atoms with van der Waals surface area (Å²) in [5.41, 5.74) is 0. The average molecular weight is 342 g/mol. The number of nitrogens with zero attached hydrogens (tertiary/aromatic N) is 2. The van der Waals surface area contributed by atoms with Crippen molar-refractivity contribution in [2.45, 2.75) is 25.3 Å². The Labute approximate surface area is 141 Å². The van der Waals surface area contributed by atoms with Gasteiger partial charge in [0.25, 0.3) is 0 Å². The summed E-state index contributed by atoms with van der Waals surface area (Å²) in [7, 11) is 0. The van der Waals surface area contributed by atoms with E-state index in [1.54, 1.807) is 0 Å². The molecule has 0 spiro atoms. The molecule has 3 aliphatic rings. The van der Waals surface area contributed by atoms with Gasteiger partial charge in [0.1, 0.15) is 0 Å². The van der Waals surface area contributed by atoms with E-state index in [0.29, 0.717) is 25.5 Å². The molecule has 0 saturated carbocycles. The number of rotatable bonds is 6. The Hall–Kier alpha value is -0.790. The van der Waals surface area contributed by atoms with Crippen LogP contribution in [0.4, 0.5) is 0 Å². The molecule has 2 atom stereocenters. The third-order valence-corrected chi connectivity index (χ3v) is 5.97. The van der Waals surface area contributed by atoms with Gasteiger partial charge in [0.15, 0.2) is 0 Å². The van der Waals surface area contributed by atoms with Gasteiger partial charge in [-0.15, -0.1) is 0 Å². The minimum Gasteiger partial charge on any atom is -0.465 e. The van der Waals surface area contributed by atoms with Crippen molar-refractivity contribution in [1.29, 1.82) is 0 Å². The van der Waals surface area contributed by atoms with Crippen LogP contribution in [0.1, 0.15) is 19.3 Å². The first-order valence-electron chi connectivity index (χ1n) is 8.55. The summed E-state index contributed by atoms with van der Waals surface area (Å²) in [5.74, 6) is 2.26. The standard InChI is InChI=1S/C16H26N2O4S/c19-15(9-13-10-16(20)22-11-13)18(14-1-8-23-12-14)3-2-17-4-6-21-7-5-17/h13-14H,1-12H2. The van der Waals surface area contributed by atoms with Crippen molar-refractivity contribution in [2.75, 3.05) is 57.5 Å². The number of amides is 1. The lowest BCUT2D eigenvalue weighted by atomic mass is 10.0.